The molecule has 0 rings (SSSR count). The minimum atomic E-state index is -1.10. The number of nitrogens with one attached hydrogen (secondary N) is 2. The molecule has 0 aromatic heterocycles. The second-order valence-corrected chi connectivity index (χ2v) is 2.69. The molecule has 3 N–H and O–H groups in total. The molecular weight excluding hydrogens is 188 g/mol. The second kappa shape index (κ2) is 7.28. The lowest BCUT2D eigenvalue weighted by Crippen LogP contribution is -2.46. The van der Waals surface area contributed by atoms with Gasteiger partial charge in [0.05, 0.1) is 13.2 Å². The van der Waals surface area contributed by atoms with Crippen LogP contribution < -0.4 is 10.6 Å². The Balaban J connectivity index is 3.90. The maximum absolute atomic E-state index is 11.1. The number of aliphatic carboxylic acids is 1. The normalized spacial score (nSPS) is 12.1. The zero-order valence-electron chi connectivity index (χ0n) is 8.37. The van der Waals surface area contributed by atoms with E-state index in [1.54, 1.807) is 0 Å². The van der Waals surface area contributed by atoms with E-state index in [1.165, 1.54) is 7.11 Å². The van der Waals surface area contributed by atoms with Gasteiger partial charge in [-0.3, -0.25) is 4.79 Å². The highest BCUT2D eigenvalue weighted by molar-refractivity contribution is 5.84. The van der Waals surface area contributed by atoms with Crippen molar-refractivity contribution < 1.29 is 19.4 Å². The van der Waals surface area contributed by atoms with E-state index < -0.39 is 12.0 Å². The number of likely N-dealkylation sites (N-methyl/N-ethyl adjacent to an activating group) is 1. The molecule has 1 unspecified atom stereocenters. The summed E-state index contributed by atoms with van der Waals surface area (Å²) in [5.74, 6) is -1.45. The summed E-state index contributed by atoms with van der Waals surface area (Å²) < 4.78 is 4.65. The number of ether oxygens (including phenoxy) is 1. The second-order valence-electron chi connectivity index (χ2n) is 2.69. The molecule has 0 saturated heterocycles. The Bertz CT molecular complexity index is 196. The highest BCUT2D eigenvalue weighted by atomic mass is 16.5. The lowest BCUT2D eigenvalue weighted by Gasteiger charge is -2.13. The Morgan fingerprint density at radius 1 is 1.50 bits per heavy atom. The van der Waals surface area contributed by atoms with E-state index in [1.807, 2.05) is 6.92 Å². The highest BCUT2D eigenvalue weighted by Crippen LogP contribution is 1.85. The van der Waals surface area contributed by atoms with Crippen molar-refractivity contribution in [3.05, 3.63) is 0 Å². The molecule has 0 radical (unpaired) electrons. The molecule has 1 atom stereocenters. The van der Waals surface area contributed by atoms with Crippen molar-refractivity contribution in [3.63, 3.8) is 0 Å². The maximum Gasteiger partial charge on any atom is 0.328 e. The largest absolute Gasteiger partial charge is 0.480 e. The SMILES string of the molecule is CCNCC(=O)NC(COC)C(=O)O. The molecule has 0 aliphatic rings. The summed E-state index contributed by atoms with van der Waals surface area (Å²) in [5, 5.41) is 13.8. The third kappa shape index (κ3) is 5.50. The Kier molecular flexibility index (Phi) is 6.69. The van der Waals surface area contributed by atoms with E-state index >= 15 is 0 Å². The smallest absolute Gasteiger partial charge is 0.328 e. The van der Waals surface area contributed by atoms with Gasteiger partial charge in [0, 0.05) is 7.11 Å². The Morgan fingerprint density at radius 3 is 2.57 bits per heavy atom. The average Bonchev–Trinajstić information content (AvgIpc) is 2.14. The van der Waals surface area contributed by atoms with Crippen molar-refractivity contribution in [2.24, 2.45) is 0 Å². The summed E-state index contributed by atoms with van der Waals surface area (Å²) in [4.78, 5) is 21.7. The number of carboxylic acids is 1. The van der Waals surface area contributed by atoms with Gasteiger partial charge in [0.1, 0.15) is 0 Å². The number of methoxy groups -OCH3 is 1. The molecule has 1 amide bonds. The quantitative estimate of drug-likeness (QED) is 0.485. The fourth-order valence-electron chi connectivity index (χ4n) is 0.825. The minimum Gasteiger partial charge on any atom is -0.480 e. The molecule has 0 aromatic carbocycles. The number of amides is 1. The van der Waals surface area contributed by atoms with Crippen LogP contribution in [0.1, 0.15) is 6.92 Å². The van der Waals surface area contributed by atoms with E-state index in [4.69, 9.17) is 5.11 Å². The first-order valence-electron chi connectivity index (χ1n) is 4.33. The summed E-state index contributed by atoms with van der Waals surface area (Å²) in [6.07, 6.45) is 0. The molecule has 6 heteroatoms. The van der Waals surface area contributed by atoms with Crippen molar-refractivity contribution in [1.29, 1.82) is 0 Å². The summed E-state index contributed by atoms with van der Waals surface area (Å²) in [7, 11) is 1.38. The van der Waals surface area contributed by atoms with Crippen LogP contribution in [-0.4, -0.2) is 49.8 Å². The predicted octanol–water partition coefficient (Wildman–Crippen LogP) is -1.19. The molecule has 14 heavy (non-hydrogen) atoms. The molecule has 0 aliphatic heterocycles. The highest BCUT2D eigenvalue weighted by Gasteiger charge is 2.18. The van der Waals surface area contributed by atoms with Crippen LogP contribution in [-0.2, 0) is 14.3 Å². The molecule has 0 aromatic rings. The van der Waals surface area contributed by atoms with Crippen molar-refractivity contribution in [3.8, 4) is 0 Å². The first kappa shape index (κ1) is 12.9. The summed E-state index contributed by atoms with van der Waals surface area (Å²) in [5.41, 5.74) is 0. The van der Waals surface area contributed by atoms with Crippen LogP contribution in [0.15, 0.2) is 0 Å². The summed E-state index contributed by atoms with van der Waals surface area (Å²) >= 11 is 0. The van der Waals surface area contributed by atoms with Gasteiger partial charge < -0.3 is 20.5 Å². The van der Waals surface area contributed by atoms with Crippen LogP contribution in [0.25, 0.3) is 0 Å². The van der Waals surface area contributed by atoms with Gasteiger partial charge in [-0.2, -0.15) is 0 Å². The Labute approximate surface area is 82.6 Å². The number of hydrogen-bond donors (Lipinski definition) is 3. The van der Waals surface area contributed by atoms with E-state index in [0.29, 0.717) is 6.54 Å². The topological polar surface area (TPSA) is 87.7 Å². The number of hydrogen-bond acceptors (Lipinski definition) is 4. The van der Waals surface area contributed by atoms with Gasteiger partial charge in [0.2, 0.25) is 5.91 Å². The molecule has 0 aliphatic carbocycles. The Morgan fingerprint density at radius 2 is 2.14 bits per heavy atom. The lowest BCUT2D eigenvalue weighted by atomic mass is 10.3. The molecule has 82 valence electrons. The van der Waals surface area contributed by atoms with Gasteiger partial charge in [0.25, 0.3) is 0 Å². The first-order chi connectivity index (χ1) is 6.61. The molecule has 0 fully saturated rings. The third-order valence-corrected chi connectivity index (χ3v) is 1.50. The van der Waals surface area contributed by atoms with Gasteiger partial charge in [-0.05, 0) is 6.54 Å². The minimum absolute atomic E-state index is 0.0345. The maximum atomic E-state index is 11.1. The van der Waals surface area contributed by atoms with Crippen LogP contribution in [0.4, 0.5) is 0 Å². The van der Waals surface area contributed by atoms with Crippen LogP contribution >= 0.6 is 0 Å². The first-order valence-corrected chi connectivity index (χ1v) is 4.33. The molecule has 0 spiro atoms. The van der Waals surface area contributed by atoms with Gasteiger partial charge in [-0.1, -0.05) is 6.92 Å². The van der Waals surface area contributed by atoms with E-state index in [-0.39, 0.29) is 19.1 Å². The zero-order valence-corrected chi connectivity index (χ0v) is 8.37. The van der Waals surface area contributed by atoms with Crippen molar-refractivity contribution in [1.82, 2.24) is 10.6 Å². The molecule has 6 nitrogen and oxygen atoms in total. The molecule has 0 heterocycles. The van der Waals surface area contributed by atoms with E-state index in [9.17, 15) is 9.59 Å². The molecular formula is C8H16N2O4. The average molecular weight is 204 g/mol. The fraction of sp³-hybridized carbons (Fsp3) is 0.750. The van der Waals surface area contributed by atoms with Crippen LogP contribution in [0.3, 0.4) is 0 Å². The fourth-order valence-corrected chi connectivity index (χ4v) is 0.825. The van der Waals surface area contributed by atoms with Gasteiger partial charge in [-0.25, -0.2) is 4.79 Å². The number of rotatable bonds is 7. The van der Waals surface area contributed by atoms with Crippen LogP contribution in [0.5, 0.6) is 0 Å². The molecule has 0 bridgehead atoms. The zero-order chi connectivity index (χ0) is 11.0. The van der Waals surface area contributed by atoms with Crippen molar-refractivity contribution >= 4 is 11.9 Å². The number of carbonyl (C=O) groups excluding carboxylic acids is 1. The Hall–Kier alpha value is -1.14. The molecule has 0 saturated carbocycles. The predicted molar refractivity (Wildman–Crippen MR) is 50.0 cm³/mol. The number of carbonyl (C=O) groups is 2. The van der Waals surface area contributed by atoms with Crippen molar-refractivity contribution in [2.45, 2.75) is 13.0 Å². The van der Waals surface area contributed by atoms with Gasteiger partial charge in [0.15, 0.2) is 6.04 Å². The van der Waals surface area contributed by atoms with Gasteiger partial charge >= 0.3 is 5.97 Å². The van der Waals surface area contributed by atoms with E-state index in [0.717, 1.165) is 0 Å². The third-order valence-electron chi connectivity index (χ3n) is 1.50. The van der Waals surface area contributed by atoms with Crippen LogP contribution in [0.2, 0.25) is 0 Å². The number of carboxylic acid groups (broad SMARTS) is 1. The van der Waals surface area contributed by atoms with Crippen molar-refractivity contribution in [2.75, 3.05) is 26.8 Å². The standard InChI is InChI=1S/C8H16N2O4/c1-3-9-4-7(11)10-6(5-14-2)8(12)13/h6,9H,3-5H2,1-2H3,(H,10,11)(H,12,13). The van der Waals surface area contributed by atoms with E-state index in [2.05, 4.69) is 15.4 Å². The summed E-state index contributed by atoms with van der Waals surface area (Å²) in [6.45, 7) is 2.60. The summed E-state index contributed by atoms with van der Waals surface area (Å²) in [6, 6.07) is -0.980. The van der Waals surface area contributed by atoms with Gasteiger partial charge in [-0.15, -0.1) is 0 Å². The van der Waals surface area contributed by atoms with Crippen LogP contribution in [0, 0.1) is 0 Å². The lowest BCUT2D eigenvalue weighted by molar-refractivity contribution is -0.143. The monoisotopic (exact) mass is 204 g/mol.